The van der Waals surface area contributed by atoms with E-state index in [0.717, 1.165) is 63.5 Å². The standard InChI is InChI=1S/C29H40O7/c30-23-18-25(36-28-10-4-6-14-34-28)29(22(23)17-26(31)32)24(35-27-9-3-5-13-33-27)12-11-19-15-20-7-1-2-8-21(20)16-19/h1-2,7-8,12,19,22-23,25,27-30H,3-6,9-11,13-18H2,(H,31,32)/t22-,23-,25+,27?,28?,29-/m0/s1. The number of aliphatic hydroxyl groups excluding tert-OH is 1. The highest BCUT2D eigenvalue weighted by Crippen LogP contribution is 2.44. The molecule has 7 heteroatoms. The van der Waals surface area contributed by atoms with Crippen LogP contribution in [-0.4, -0.2) is 54.2 Å². The van der Waals surface area contributed by atoms with Crippen molar-refractivity contribution in [2.45, 2.75) is 95.4 Å². The van der Waals surface area contributed by atoms with Crippen LogP contribution in [0.15, 0.2) is 36.1 Å². The molecule has 0 spiro atoms. The second kappa shape index (κ2) is 12.1. The Labute approximate surface area is 213 Å². The first-order valence-corrected chi connectivity index (χ1v) is 13.8. The fraction of sp³-hybridized carbons (Fsp3) is 0.690. The van der Waals surface area contributed by atoms with Gasteiger partial charge in [-0.25, -0.2) is 0 Å². The van der Waals surface area contributed by atoms with Gasteiger partial charge in [0, 0.05) is 31.3 Å². The molecule has 1 aromatic rings. The molecule has 5 rings (SSSR count). The molecular weight excluding hydrogens is 460 g/mol. The number of carboxylic acids is 1. The lowest BCUT2D eigenvalue weighted by molar-refractivity contribution is -0.201. The average Bonchev–Trinajstić information content (AvgIpc) is 3.43. The van der Waals surface area contributed by atoms with Crippen molar-refractivity contribution in [2.24, 2.45) is 17.8 Å². The van der Waals surface area contributed by atoms with Gasteiger partial charge in [0.25, 0.3) is 0 Å². The molecule has 2 aliphatic carbocycles. The van der Waals surface area contributed by atoms with Crippen LogP contribution in [0.2, 0.25) is 0 Å². The number of carboxylic acid groups (broad SMARTS) is 1. The van der Waals surface area contributed by atoms with Crippen molar-refractivity contribution in [3.05, 3.63) is 47.2 Å². The van der Waals surface area contributed by atoms with Gasteiger partial charge >= 0.3 is 5.97 Å². The average molecular weight is 501 g/mol. The highest BCUT2D eigenvalue weighted by molar-refractivity contribution is 5.67. The Balaban J connectivity index is 1.38. The normalized spacial score (nSPS) is 33.4. The number of fused-ring (bicyclic) bond motifs is 1. The van der Waals surface area contributed by atoms with Crippen LogP contribution < -0.4 is 0 Å². The third-order valence-electron chi connectivity index (χ3n) is 8.23. The van der Waals surface area contributed by atoms with E-state index in [0.29, 0.717) is 25.6 Å². The van der Waals surface area contributed by atoms with Gasteiger partial charge in [-0.05, 0) is 74.5 Å². The van der Waals surface area contributed by atoms with Crippen LogP contribution in [0.4, 0.5) is 0 Å². The van der Waals surface area contributed by atoms with E-state index in [1.807, 2.05) is 0 Å². The van der Waals surface area contributed by atoms with Gasteiger partial charge in [-0.2, -0.15) is 0 Å². The third kappa shape index (κ3) is 6.31. The largest absolute Gasteiger partial charge is 0.481 e. The number of aliphatic hydroxyl groups is 1. The summed E-state index contributed by atoms with van der Waals surface area (Å²) in [6, 6.07) is 8.60. The molecule has 2 unspecified atom stereocenters. The third-order valence-corrected chi connectivity index (χ3v) is 8.23. The fourth-order valence-corrected chi connectivity index (χ4v) is 6.41. The highest BCUT2D eigenvalue weighted by Gasteiger charge is 2.48. The summed E-state index contributed by atoms with van der Waals surface area (Å²) < 4.78 is 24.7. The maximum atomic E-state index is 11.8. The lowest BCUT2D eigenvalue weighted by Crippen LogP contribution is -2.35. The zero-order valence-corrected chi connectivity index (χ0v) is 21.1. The van der Waals surface area contributed by atoms with Crippen molar-refractivity contribution in [3.63, 3.8) is 0 Å². The molecule has 0 radical (unpaired) electrons. The number of carbonyl (C=O) groups is 1. The topological polar surface area (TPSA) is 94.5 Å². The number of aliphatic carboxylic acids is 1. The number of hydrogen-bond donors (Lipinski definition) is 2. The minimum absolute atomic E-state index is 0.127. The Morgan fingerprint density at radius 3 is 2.28 bits per heavy atom. The van der Waals surface area contributed by atoms with E-state index in [-0.39, 0.29) is 31.0 Å². The monoisotopic (exact) mass is 500 g/mol. The summed E-state index contributed by atoms with van der Waals surface area (Å²) in [5.74, 6) is -0.555. The maximum absolute atomic E-state index is 11.8. The number of hydrogen-bond acceptors (Lipinski definition) is 6. The van der Waals surface area contributed by atoms with E-state index < -0.39 is 18.0 Å². The van der Waals surface area contributed by atoms with Gasteiger partial charge in [0.05, 0.1) is 25.2 Å². The molecule has 2 heterocycles. The number of rotatable bonds is 9. The van der Waals surface area contributed by atoms with Gasteiger partial charge in [0.1, 0.15) is 5.76 Å². The van der Waals surface area contributed by atoms with Crippen molar-refractivity contribution < 1.29 is 34.0 Å². The zero-order chi connectivity index (χ0) is 24.9. The van der Waals surface area contributed by atoms with Crippen LogP contribution in [0.3, 0.4) is 0 Å². The van der Waals surface area contributed by atoms with Gasteiger partial charge in [-0.3, -0.25) is 4.79 Å². The molecule has 2 aliphatic heterocycles. The smallest absolute Gasteiger partial charge is 0.303 e. The summed E-state index contributed by atoms with van der Waals surface area (Å²) in [5, 5.41) is 20.6. The van der Waals surface area contributed by atoms with Gasteiger partial charge in [0.2, 0.25) is 0 Å². The van der Waals surface area contributed by atoms with Crippen molar-refractivity contribution in [1.82, 2.24) is 0 Å². The van der Waals surface area contributed by atoms with Crippen LogP contribution in [0, 0.1) is 17.8 Å². The number of allylic oxidation sites excluding steroid dienone is 1. The predicted octanol–water partition coefficient (Wildman–Crippen LogP) is 4.60. The van der Waals surface area contributed by atoms with Crippen LogP contribution in [0.25, 0.3) is 0 Å². The Hall–Kier alpha value is -1.93. The fourth-order valence-electron chi connectivity index (χ4n) is 6.41. The first-order valence-electron chi connectivity index (χ1n) is 13.8. The van der Waals surface area contributed by atoms with E-state index in [1.54, 1.807) is 0 Å². The molecular formula is C29H40O7. The second-order valence-electron chi connectivity index (χ2n) is 10.9. The molecule has 0 bridgehead atoms. The van der Waals surface area contributed by atoms with Gasteiger partial charge in [-0.15, -0.1) is 0 Å². The molecule has 3 fully saturated rings. The molecule has 2 saturated heterocycles. The Morgan fingerprint density at radius 1 is 1.00 bits per heavy atom. The van der Waals surface area contributed by atoms with Crippen molar-refractivity contribution >= 4 is 5.97 Å². The summed E-state index contributed by atoms with van der Waals surface area (Å²) in [7, 11) is 0. The van der Waals surface area contributed by atoms with E-state index in [4.69, 9.17) is 18.9 Å². The van der Waals surface area contributed by atoms with Gasteiger partial charge in [0.15, 0.2) is 12.6 Å². The molecule has 2 N–H and O–H groups in total. The van der Waals surface area contributed by atoms with E-state index in [2.05, 4.69) is 30.3 Å². The van der Waals surface area contributed by atoms with Crippen molar-refractivity contribution in [3.8, 4) is 0 Å². The molecule has 1 saturated carbocycles. The van der Waals surface area contributed by atoms with Crippen LogP contribution in [-0.2, 0) is 36.6 Å². The predicted molar refractivity (Wildman–Crippen MR) is 133 cm³/mol. The van der Waals surface area contributed by atoms with E-state index >= 15 is 0 Å². The zero-order valence-electron chi connectivity index (χ0n) is 21.1. The number of benzene rings is 1. The summed E-state index contributed by atoms with van der Waals surface area (Å²) in [6.45, 7) is 1.33. The molecule has 36 heavy (non-hydrogen) atoms. The SMILES string of the molecule is O=C(O)C[C@@H]1[C@@H](C(=CCC2Cc3ccccc3C2)OC2CCCCO2)[C@H](OC2CCCCO2)C[C@@H]1O. The minimum atomic E-state index is -0.918. The lowest BCUT2D eigenvalue weighted by atomic mass is 9.87. The van der Waals surface area contributed by atoms with Crippen molar-refractivity contribution in [1.29, 1.82) is 0 Å². The Kier molecular flexibility index (Phi) is 8.62. The highest BCUT2D eigenvalue weighted by atomic mass is 16.7. The molecule has 6 atom stereocenters. The molecule has 7 nitrogen and oxygen atoms in total. The first kappa shape index (κ1) is 25.7. The summed E-state index contributed by atoms with van der Waals surface area (Å²) in [6.07, 6.45) is 9.24. The summed E-state index contributed by atoms with van der Waals surface area (Å²) in [5.41, 5.74) is 2.81. The molecule has 4 aliphatic rings. The number of ether oxygens (including phenoxy) is 4. The van der Waals surface area contributed by atoms with Crippen LogP contribution in [0.5, 0.6) is 0 Å². The summed E-state index contributed by atoms with van der Waals surface area (Å²) in [4.78, 5) is 11.8. The lowest BCUT2D eigenvalue weighted by Gasteiger charge is -2.34. The van der Waals surface area contributed by atoms with Crippen LogP contribution in [0.1, 0.15) is 68.9 Å². The van der Waals surface area contributed by atoms with Crippen LogP contribution >= 0.6 is 0 Å². The minimum Gasteiger partial charge on any atom is -0.481 e. The van der Waals surface area contributed by atoms with Gasteiger partial charge < -0.3 is 29.2 Å². The first-order chi connectivity index (χ1) is 17.6. The quantitative estimate of drug-likeness (QED) is 0.479. The molecule has 198 valence electrons. The Bertz CT molecular complexity index is 878. The Morgan fingerprint density at radius 2 is 1.67 bits per heavy atom. The summed E-state index contributed by atoms with van der Waals surface area (Å²) >= 11 is 0. The van der Waals surface area contributed by atoms with E-state index in [9.17, 15) is 15.0 Å². The van der Waals surface area contributed by atoms with Crippen molar-refractivity contribution in [2.75, 3.05) is 13.2 Å². The maximum Gasteiger partial charge on any atom is 0.303 e. The van der Waals surface area contributed by atoms with E-state index in [1.165, 1.54) is 11.1 Å². The molecule has 0 amide bonds. The van der Waals surface area contributed by atoms with Gasteiger partial charge in [-0.1, -0.05) is 24.3 Å². The second-order valence-corrected chi connectivity index (χ2v) is 10.9. The molecule has 1 aromatic carbocycles. The molecule has 0 aromatic heterocycles.